The molecule has 0 saturated heterocycles. The second kappa shape index (κ2) is 13.8. The predicted octanol–water partition coefficient (Wildman–Crippen LogP) is 8.31. The van der Waals surface area contributed by atoms with Gasteiger partial charge in [0.05, 0.1) is 22.8 Å². The van der Waals surface area contributed by atoms with Gasteiger partial charge in [0.1, 0.15) is 17.8 Å². The van der Waals surface area contributed by atoms with E-state index >= 15 is 4.79 Å². The Kier molecular flexibility index (Phi) is 9.37. The minimum Gasteiger partial charge on any atom is -0.494 e. The first-order chi connectivity index (χ1) is 24.9. The number of carbonyl (C=O) groups is 1. The molecule has 13 heteroatoms. The standard InChI is InChI=1S/C39H41Cl2N9O2/c1-20-14-26(15-21(2)35(20)41)52-13-7-8-27-28-10-11-30(40)34(33(23(4)42)24(5)46-43)36(28)50-22(3)17-49(39(51)37(27)50)32-18-48(6)31-12-9-25(16-29(31)32)38-44-19-45-47-38/h9-12,14-16,18-19,22,42,46H,7-8,13,17,43H2,1-6H3,(H,44,45,47)/b33-24+,42-23?/t22-/m1/s1. The molecule has 7 rings (SSSR count). The van der Waals surface area contributed by atoms with Crippen LogP contribution in [0, 0.1) is 19.3 Å². The summed E-state index contributed by atoms with van der Waals surface area (Å²) < 4.78 is 10.4. The van der Waals surface area contributed by atoms with Crippen LogP contribution in [-0.4, -0.2) is 49.1 Å². The number of hydrogen-bond acceptors (Lipinski definition) is 7. The van der Waals surface area contributed by atoms with Crippen molar-refractivity contribution in [3.8, 4) is 17.1 Å². The van der Waals surface area contributed by atoms with Crippen molar-refractivity contribution in [1.29, 1.82) is 5.41 Å². The van der Waals surface area contributed by atoms with Crippen LogP contribution in [0.2, 0.25) is 10.0 Å². The molecule has 0 saturated carbocycles. The van der Waals surface area contributed by atoms with Gasteiger partial charge in [-0.3, -0.25) is 15.7 Å². The number of carbonyl (C=O) groups excluding carboxylic acids is 1. The fraction of sp³-hybridized carbons (Fsp3) is 0.282. The number of hydrogen-bond donors (Lipinski definition) is 4. The van der Waals surface area contributed by atoms with Gasteiger partial charge in [0.25, 0.3) is 5.91 Å². The average Bonchev–Trinajstić information content (AvgIpc) is 3.85. The molecule has 1 atom stereocenters. The normalized spacial score (nSPS) is 15.0. The molecule has 1 aliphatic rings. The molecule has 268 valence electrons. The molecule has 6 aromatic rings. The van der Waals surface area contributed by atoms with Crippen molar-refractivity contribution >= 4 is 67.9 Å². The molecule has 3 aromatic carbocycles. The van der Waals surface area contributed by atoms with Crippen LogP contribution < -0.4 is 20.9 Å². The number of aryl methyl sites for hydroxylation is 4. The summed E-state index contributed by atoms with van der Waals surface area (Å²) in [6.07, 6.45) is 4.78. The number of amides is 1. The SMILES string of the molecule is CC(=N)/C(=C(/C)NN)c1c(Cl)ccc2c(CCCOc3cc(C)c(Cl)c(C)c3)c3n(c12)[C@H](C)CN(c1cn(C)c2ccc(-c4nc[nH]n4)cc12)C3=O. The van der Waals surface area contributed by atoms with Gasteiger partial charge in [0.15, 0.2) is 5.82 Å². The van der Waals surface area contributed by atoms with E-state index in [0.717, 1.165) is 60.5 Å². The molecule has 0 unspecified atom stereocenters. The number of ether oxygens (including phenoxy) is 1. The first kappa shape index (κ1) is 35.3. The molecule has 1 amide bonds. The molecule has 0 radical (unpaired) electrons. The molecule has 11 nitrogen and oxygen atoms in total. The Morgan fingerprint density at radius 2 is 1.87 bits per heavy atom. The first-order valence-electron chi connectivity index (χ1n) is 17.2. The molecule has 1 aliphatic heterocycles. The molecular formula is C39H41Cl2N9O2. The highest BCUT2D eigenvalue weighted by molar-refractivity contribution is 6.37. The van der Waals surface area contributed by atoms with Crippen molar-refractivity contribution < 1.29 is 9.53 Å². The number of aromatic amines is 1. The summed E-state index contributed by atoms with van der Waals surface area (Å²) in [6, 6.07) is 13.6. The number of nitrogens with zero attached hydrogens (tertiary/aromatic N) is 5. The van der Waals surface area contributed by atoms with Crippen molar-refractivity contribution in [2.75, 3.05) is 18.1 Å². The largest absolute Gasteiger partial charge is 0.494 e. The summed E-state index contributed by atoms with van der Waals surface area (Å²) in [4.78, 5) is 21.3. The van der Waals surface area contributed by atoms with Crippen molar-refractivity contribution in [2.24, 2.45) is 12.9 Å². The van der Waals surface area contributed by atoms with Crippen LogP contribution >= 0.6 is 23.2 Å². The fourth-order valence-electron chi connectivity index (χ4n) is 7.60. The summed E-state index contributed by atoms with van der Waals surface area (Å²) in [7, 11) is 1.98. The highest BCUT2D eigenvalue weighted by Crippen LogP contribution is 2.44. The van der Waals surface area contributed by atoms with Gasteiger partial charge in [0.2, 0.25) is 0 Å². The van der Waals surface area contributed by atoms with Crippen LogP contribution in [0.1, 0.15) is 66.0 Å². The fourth-order valence-corrected chi connectivity index (χ4v) is 7.96. The maximum Gasteiger partial charge on any atom is 0.275 e. The van der Waals surface area contributed by atoms with Crippen molar-refractivity contribution in [2.45, 2.75) is 53.5 Å². The van der Waals surface area contributed by atoms with Crippen LogP contribution in [0.4, 0.5) is 5.69 Å². The van der Waals surface area contributed by atoms with Gasteiger partial charge in [-0.2, -0.15) is 5.10 Å². The van der Waals surface area contributed by atoms with Crippen LogP contribution in [-0.2, 0) is 13.5 Å². The Morgan fingerprint density at radius 1 is 1.12 bits per heavy atom. The van der Waals surface area contributed by atoms with E-state index < -0.39 is 0 Å². The summed E-state index contributed by atoms with van der Waals surface area (Å²) in [6.45, 7) is 10.4. The maximum atomic E-state index is 15.1. The number of nitrogens with two attached hydrogens (primary N) is 1. The third-order valence-electron chi connectivity index (χ3n) is 9.95. The van der Waals surface area contributed by atoms with Crippen molar-refractivity contribution in [3.63, 3.8) is 0 Å². The Labute approximate surface area is 311 Å². The lowest BCUT2D eigenvalue weighted by Gasteiger charge is -2.34. The number of anilines is 1. The Hall–Kier alpha value is -5.10. The third-order valence-corrected chi connectivity index (χ3v) is 10.9. The zero-order chi connectivity index (χ0) is 37.0. The van der Waals surface area contributed by atoms with E-state index in [1.54, 1.807) is 13.3 Å². The van der Waals surface area contributed by atoms with Gasteiger partial charge in [-0.25, -0.2) is 4.98 Å². The summed E-state index contributed by atoms with van der Waals surface area (Å²) in [5.41, 5.74) is 11.8. The number of benzene rings is 3. The molecule has 3 aromatic heterocycles. The number of aromatic nitrogens is 5. The maximum absolute atomic E-state index is 15.1. The van der Waals surface area contributed by atoms with E-state index in [-0.39, 0.29) is 11.9 Å². The van der Waals surface area contributed by atoms with E-state index in [0.29, 0.717) is 65.1 Å². The van der Waals surface area contributed by atoms with Crippen LogP contribution in [0.15, 0.2) is 60.7 Å². The van der Waals surface area contributed by atoms with Gasteiger partial charge in [0, 0.05) is 75.3 Å². The van der Waals surface area contributed by atoms with Crippen LogP contribution in [0.5, 0.6) is 5.75 Å². The van der Waals surface area contributed by atoms with Crippen molar-refractivity contribution in [3.05, 3.63) is 98.7 Å². The lowest BCUT2D eigenvalue weighted by atomic mass is 9.96. The highest BCUT2D eigenvalue weighted by atomic mass is 35.5. The smallest absolute Gasteiger partial charge is 0.275 e. The Balaban J connectivity index is 1.37. The minimum atomic E-state index is -0.151. The molecular weight excluding hydrogens is 697 g/mol. The number of nitrogens with one attached hydrogen (secondary N) is 3. The monoisotopic (exact) mass is 737 g/mol. The third kappa shape index (κ3) is 5.92. The van der Waals surface area contributed by atoms with E-state index in [4.69, 9.17) is 39.2 Å². The molecule has 0 aliphatic carbocycles. The minimum absolute atomic E-state index is 0.113. The van der Waals surface area contributed by atoms with Gasteiger partial charge in [-0.1, -0.05) is 29.3 Å². The van der Waals surface area contributed by atoms with Gasteiger partial charge in [-0.05, 0) is 101 Å². The van der Waals surface area contributed by atoms with E-state index in [9.17, 15) is 0 Å². The second-order valence-corrected chi connectivity index (χ2v) is 14.3. The van der Waals surface area contributed by atoms with Gasteiger partial charge >= 0.3 is 0 Å². The van der Waals surface area contributed by atoms with E-state index in [2.05, 4.69) is 32.1 Å². The molecule has 4 heterocycles. The lowest BCUT2D eigenvalue weighted by molar-refractivity contribution is 0.0957. The van der Waals surface area contributed by atoms with Crippen molar-refractivity contribution in [1.82, 2.24) is 29.7 Å². The van der Waals surface area contributed by atoms with Gasteiger partial charge < -0.3 is 29.6 Å². The topological polar surface area (TPSA) is 143 Å². The zero-order valence-electron chi connectivity index (χ0n) is 30.0. The highest BCUT2D eigenvalue weighted by Gasteiger charge is 2.37. The number of fused-ring (bicyclic) bond motifs is 4. The first-order valence-corrected chi connectivity index (χ1v) is 17.9. The number of allylic oxidation sites excluding steroid dienone is 2. The summed E-state index contributed by atoms with van der Waals surface area (Å²) >= 11 is 13.4. The van der Waals surface area contributed by atoms with E-state index in [1.807, 2.05) is 85.9 Å². The van der Waals surface area contributed by atoms with Crippen LogP contribution in [0.3, 0.4) is 0 Å². The zero-order valence-corrected chi connectivity index (χ0v) is 31.5. The summed E-state index contributed by atoms with van der Waals surface area (Å²) in [5, 5.41) is 18.9. The van der Waals surface area contributed by atoms with E-state index in [1.165, 1.54) is 0 Å². The van der Waals surface area contributed by atoms with Crippen LogP contribution in [0.25, 0.3) is 38.8 Å². The number of rotatable bonds is 10. The number of H-pyrrole nitrogens is 1. The molecule has 0 bridgehead atoms. The molecule has 52 heavy (non-hydrogen) atoms. The number of halogens is 2. The quantitative estimate of drug-likeness (QED) is 0.0482. The Morgan fingerprint density at radius 3 is 2.54 bits per heavy atom. The number of hydrazine groups is 1. The lowest BCUT2D eigenvalue weighted by Crippen LogP contribution is -2.42. The predicted molar refractivity (Wildman–Crippen MR) is 210 cm³/mol. The molecule has 0 fully saturated rings. The molecule has 5 N–H and O–H groups in total. The van der Waals surface area contributed by atoms with Gasteiger partial charge in [-0.15, -0.1) is 0 Å². The molecule has 0 spiro atoms. The Bertz CT molecular complexity index is 2400. The summed E-state index contributed by atoms with van der Waals surface area (Å²) in [5.74, 6) is 7.14. The second-order valence-electron chi connectivity index (χ2n) is 13.6. The average molecular weight is 739 g/mol.